The first-order chi connectivity index (χ1) is 10.6. The SMILES string of the molecule is COc1ccc(/C=C(\C#N)C(=O)Nc2cccc(F)c2)cc1. The van der Waals surface area contributed by atoms with E-state index in [1.165, 1.54) is 24.3 Å². The van der Waals surface area contributed by atoms with E-state index in [0.29, 0.717) is 17.0 Å². The molecular weight excluding hydrogens is 283 g/mol. The molecule has 0 saturated carbocycles. The number of halogens is 1. The summed E-state index contributed by atoms with van der Waals surface area (Å²) >= 11 is 0. The van der Waals surface area contributed by atoms with E-state index in [9.17, 15) is 9.18 Å². The molecule has 22 heavy (non-hydrogen) atoms. The monoisotopic (exact) mass is 296 g/mol. The fourth-order valence-electron chi connectivity index (χ4n) is 1.78. The highest BCUT2D eigenvalue weighted by Crippen LogP contribution is 2.15. The van der Waals surface area contributed by atoms with Gasteiger partial charge in [-0.05, 0) is 42.0 Å². The summed E-state index contributed by atoms with van der Waals surface area (Å²) in [5.74, 6) is -0.376. The van der Waals surface area contributed by atoms with Crippen LogP contribution in [0.5, 0.6) is 5.75 Å². The van der Waals surface area contributed by atoms with Gasteiger partial charge in [-0.3, -0.25) is 4.79 Å². The number of methoxy groups -OCH3 is 1. The maximum Gasteiger partial charge on any atom is 0.266 e. The molecule has 2 aromatic carbocycles. The standard InChI is InChI=1S/C17H13FN2O2/c1-22-16-7-5-12(6-8-16)9-13(11-19)17(21)20-15-4-2-3-14(18)10-15/h2-10H,1H3,(H,20,21)/b13-9+. The lowest BCUT2D eigenvalue weighted by molar-refractivity contribution is -0.112. The lowest BCUT2D eigenvalue weighted by atomic mass is 10.1. The van der Waals surface area contributed by atoms with E-state index >= 15 is 0 Å². The highest BCUT2D eigenvalue weighted by molar-refractivity contribution is 6.09. The molecule has 0 saturated heterocycles. The number of ether oxygens (including phenoxy) is 1. The minimum absolute atomic E-state index is 0.0746. The molecule has 0 radical (unpaired) electrons. The summed E-state index contributed by atoms with van der Waals surface area (Å²) in [5.41, 5.74) is 0.905. The number of anilines is 1. The van der Waals surface area contributed by atoms with Crippen molar-refractivity contribution in [2.75, 3.05) is 12.4 Å². The van der Waals surface area contributed by atoms with Crippen molar-refractivity contribution in [2.45, 2.75) is 0 Å². The molecular formula is C17H13FN2O2. The molecule has 1 N–H and O–H groups in total. The second-order valence-corrected chi connectivity index (χ2v) is 4.41. The highest BCUT2D eigenvalue weighted by atomic mass is 19.1. The Morgan fingerprint density at radius 1 is 1.27 bits per heavy atom. The number of nitriles is 1. The van der Waals surface area contributed by atoms with Crippen LogP contribution in [0.3, 0.4) is 0 Å². The van der Waals surface area contributed by atoms with Crippen molar-refractivity contribution < 1.29 is 13.9 Å². The highest BCUT2D eigenvalue weighted by Gasteiger charge is 2.09. The van der Waals surface area contributed by atoms with Crippen molar-refractivity contribution in [3.63, 3.8) is 0 Å². The molecule has 0 bridgehead atoms. The summed E-state index contributed by atoms with van der Waals surface area (Å²) in [6.07, 6.45) is 1.45. The fraction of sp³-hybridized carbons (Fsp3) is 0.0588. The van der Waals surface area contributed by atoms with E-state index in [2.05, 4.69) is 5.32 Å². The Morgan fingerprint density at radius 3 is 2.59 bits per heavy atom. The Morgan fingerprint density at radius 2 is 2.00 bits per heavy atom. The molecule has 0 fully saturated rings. The van der Waals surface area contributed by atoms with Gasteiger partial charge in [0, 0.05) is 5.69 Å². The number of carbonyl (C=O) groups excluding carboxylic acids is 1. The van der Waals surface area contributed by atoms with Gasteiger partial charge in [-0.15, -0.1) is 0 Å². The molecule has 0 aliphatic heterocycles. The lowest BCUT2D eigenvalue weighted by Gasteiger charge is -2.04. The normalized spacial score (nSPS) is 10.7. The maximum absolute atomic E-state index is 13.1. The Balaban J connectivity index is 2.17. The van der Waals surface area contributed by atoms with E-state index < -0.39 is 11.7 Å². The minimum Gasteiger partial charge on any atom is -0.497 e. The topological polar surface area (TPSA) is 62.1 Å². The zero-order valence-electron chi connectivity index (χ0n) is 11.8. The predicted octanol–water partition coefficient (Wildman–Crippen LogP) is 3.38. The zero-order valence-corrected chi connectivity index (χ0v) is 11.8. The number of hydrogen-bond acceptors (Lipinski definition) is 3. The van der Waals surface area contributed by atoms with E-state index in [0.717, 1.165) is 0 Å². The summed E-state index contributed by atoms with van der Waals surface area (Å²) in [7, 11) is 1.55. The Bertz CT molecular complexity index is 746. The van der Waals surface area contributed by atoms with Crippen LogP contribution in [0.15, 0.2) is 54.1 Å². The summed E-state index contributed by atoms with van der Waals surface area (Å²) < 4.78 is 18.1. The van der Waals surface area contributed by atoms with Gasteiger partial charge < -0.3 is 10.1 Å². The first kappa shape index (κ1) is 15.3. The van der Waals surface area contributed by atoms with Crippen molar-refractivity contribution in [1.29, 1.82) is 5.26 Å². The van der Waals surface area contributed by atoms with E-state index in [4.69, 9.17) is 10.00 Å². The van der Waals surface area contributed by atoms with Crippen molar-refractivity contribution in [2.24, 2.45) is 0 Å². The van der Waals surface area contributed by atoms with E-state index in [1.807, 2.05) is 6.07 Å². The number of benzene rings is 2. The molecule has 1 amide bonds. The van der Waals surface area contributed by atoms with Crippen LogP contribution < -0.4 is 10.1 Å². The summed E-state index contributed by atoms with van der Waals surface area (Å²) in [4.78, 5) is 12.0. The third-order valence-corrected chi connectivity index (χ3v) is 2.87. The molecule has 0 unspecified atom stereocenters. The second kappa shape index (κ2) is 7.04. The van der Waals surface area contributed by atoms with Crippen LogP contribution in [-0.2, 0) is 4.79 Å². The van der Waals surface area contributed by atoms with Crippen LogP contribution >= 0.6 is 0 Å². The fourth-order valence-corrected chi connectivity index (χ4v) is 1.78. The van der Waals surface area contributed by atoms with Crippen molar-refractivity contribution >= 4 is 17.7 Å². The van der Waals surface area contributed by atoms with Crippen LogP contribution in [0, 0.1) is 17.1 Å². The molecule has 5 heteroatoms. The average molecular weight is 296 g/mol. The third-order valence-electron chi connectivity index (χ3n) is 2.87. The van der Waals surface area contributed by atoms with Crippen LogP contribution in [0.4, 0.5) is 10.1 Å². The molecule has 0 heterocycles. The first-order valence-corrected chi connectivity index (χ1v) is 6.45. The Hall–Kier alpha value is -3.13. The van der Waals surface area contributed by atoms with Crippen molar-refractivity contribution in [3.05, 3.63) is 65.5 Å². The Kier molecular flexibility index (Phi) is 4.89. The number of amides is 1. The summed E-state index contributed by atoms with van der Waals surface area (Å²) in [6, 6.07) is 14.2. The molecule has 4 nitrogen and oxygen atoms in total. The molecule has 2 rings (SSSR count). The van der Waals surface area contributed by atoms with Gasteiger partial charge in [0.1, 0.15) is 23.2 Å². The summed E-state index contributed by atoms with van der Waals surface area (Å²) in [6.45, 7) is 0. The molecule has 0 atom stereocenters. The molecule has 0 aliphatic carbocycles. The van der Waals surface area contributed by atoms with Crippen molar-refractivity contribution in [1.82, 2.24) is 0 Å². The van der Waals surface area contributed by atoms with Gasteiger partial charge in [-0.2, -0.15) is 5.26 Å². The number of rotatable bonds is 4. The lowest BCUT2D eigenvalue weighted by Crippen LogP contribution is -2.13. The quantitative estimate of drug-likeness (QED) is 0.695. The zero-order chi connectivity index (χ0) is 15.9. The average Bonchev–Trinajstić information content (AvgIpc) is 2.53. The van der Waals surface area contributed by atoms with Gasteiger partial charge in [0.2, 0.25) is 0 Å². The molecule has 0 aromatic heterocycles. The Labute approximate surface area is 127 Å². The largest absolute Gasteiger partial charge is 0.497 e. The van der Waals surface area contributed by atoms with Gasteiger partial charge in [0.05, 0.1) is 7.11 Å². The smallest absolute Gasteiger partial charge is 0.266 e. The molecule has 0 aliphatic rings. The molecule has 0 spiro atoms. The van der Waals surface area contributed by atoms with Crippen LogP contribution in [0.1, 0.15) is 5.56 Å². The summed E-state index contributed by atoms with van der Waals surface area (Å²) in [5, 5.41) is 11.6. The van der Waals surface area contributed by atoms with Gasteiger partial charge >= 0.3 is 0 Å². The number of hydrogen-bond donors (Lipinski definition) is 1. The van der Waals surface area contributed by atoms with Gasteiger partial charge in [-0.25, -0.2) is 4.39 Å². The van der Waals surface area contributed by atoms with Crippen LogP contribution in [0.25, 0.3) is 6.08 Å². The molecule has 2 aromatic rings. The predicted molar refractivity (Wildman–Crippen MR) is 81.6 cm³/mol. The number of nitrogens with one attached hydrogen (secondary N) is 1. The van der Waals surface area contributed by atoms with Crippen LogP contribution in [0.2, 0.25) is 0 Å². The number of nitrogens with zero attached hydrogens (tertiary/aromatic N) is 1. The van der Waals surface area contributed by atoms with E-state index in [-0.39, 0.29) is 5.57 Å². The molecule has 110 valence electrons. The minimum atomic E-state index is -0.594. The second-order valence-electron chi connectivity index (χ2n) is 4.41. The first-order valence-electron chi connectivity index (χ1n) is 6.45. The van der Waals surface area contributed by atoms with Gasteiger partial charge in [0.25, 0.3) is 5.91 Å². The third kappa shape index (κ3) is 3.93. The van der Waals surface area contributed by atoms with E-state index in [1.54, 1.807) is 37.4 Å². The van der Waals surface area contributed by atoms with Gasteiger partial charge in [0.15, 0.2) is 0 Å². The van der Waals surface area contributed by atoms with Gasteiger partial charge in [-0.1, -0.05) is 18.2 Å². The number of carbonyl (C=O) groups is 1. The maximum atomic E-state index is 13.1. The van der Waals surface area contributed by atoms with Crippen LogP contribution in [-0.4, -0.2) is 13.0 Å². The van der Waals surface area contributed by atoms with Crippen molar-refractivity contribution in [3.8, 4) is 11.8 Å².